The van der Waals surface area contributed by atoms with Gasteiger partial charge in [-0.25, -0.2) is 4.39 Å². The van der Waals surface area contributed by atoms with E-state index in [1.807, 2.05) is 0 Å². The molecule has 106 valence electrons. The molecule has 2 rings (SSSR count). The summed E-state index contributed by atoms with van der Waals surface area (Å²) in [5, 5.41) is 0. The van der Waals surface area contributed by atoms with Gasteiger partial charge in [0.05, 0.1) is 5.56 Å². The second-order valence-corrected chi connectivity index (χ2v) is 4.71. The minimum atomic E-state index is -4.56. The second-order valence-electron chi connectivity index (χ2n) is 4.71. The normalized spacial score (nSPS) is 24.2. The van der Waals surface area contributed by atoms with E-state index in [4.69, 9.17) is 10.5 Å². The summed E-state index contributed by atoms with van der Waals surface area (Å²) in [5.41, 5.74) is 4.40. The third-order valence-corrected chi connectivity index (χ3v) is 3.21. The molecule has 2 atom stereocenters. The Morgan fingerprint density at radius 3 is 2.47 bits per heavy atom. The Morgan fingerprint density at radius 1 is 1.16 bits per heavy atom. The Labute approximate surface area is 108 Å². The topological polar surface area (TPSA) is 35.2 Å². The zero-order chi connectivity index (χ0) is 14.0. The number of halogens is 4. The molecule has 2 nitrogen and oxygen atoms in total. The molecular formula is C13H15F4NO. The van der Waals surface area contributed by atoms with E-state index in [0.717, 1.165) is 25.0 Å². The Bertz CT molecular complexity index is 447. The first-order valence-corrected chi connectivity index (χ1v) is 6.15. The first-order valence-electron chi connectivity index (χ1n) is 6.15. The third kappa shape index (κ3) is 3.30. The molecule has 0 spiro atoms. The Kier molecular flexibility index (Phi) is 3.87. The molecule has 0 saturated heterocycles. The van der Waals surface area contributed by atoms with Gasteiger partial charge in [-0.2, -0.15) is 13.2 Å². The molecular weight excluding hydrogens is 262 g/mol. The molecule has 0 aromatic heterocycles. The quantitative estimate of drug-likeness (QED) is 0.656. The van der Waals surface area contributed by atoms with Crippen LogP contribution in [-0.4, -0.2) is 12.3 Å². The van der Waals surface area contributed by atoms with E-state index in [9.17, 15) is 17.6 Å². The zero-order valence-corrected chi connectivity index (χ0v) is 10.2. The summed E-state index contributed by atoms with van der Waals surface area (Å²) in [7, 11) is 0. The maximum Gasteiger partial charge on any atom is 0.420 e. The molecule has 0 aliphatic heterocycles. The number of nitrogens with two attached hydrogens (primary N) is 1. The van der Waals surface area contributed by atoms with Crippen molar-refractivity contribution in [2.24, 2.45) is 0 Å². The maximum atomic E-state index is 13.6. The number of nitrogen functional groups attached to an aromatic ring is 1. The van der Waals surface area contributed by atoms with Crippen LogP contribution in [0.25, 0.3) is 0 Å². The van der Waals surface area contributed by atoms with Crippen LogP contribution in [0.15, 0.2) is 18.2 Å². The lowest BCUT2D eigenvalue weighted by Gasteiger charge is -2.27. The van der Waals surface area contributed by atoms with Crippen LogP contribution in [0.5, 0.6) is 5.75 Å². The van der Waals surface area contributed by atoms with Gasteiger partial charge < -0.3 is 10.5 Å². The lowest BCUT2D eigenvalue weighted by Crippen LogP contribution is -2.32. The molecule has 1 aromatic rings. The van der Waals surface area contributed by atoms with Crippen LogP contribution >= 0.6 is 0 Å². The van der Waals surface area contributed by atoms with Crippen LogP contribution in [0, 0.1) is 0 Å². The number of benzene rings is 1. The number of hydrogen-bond donors (Lipinski definition) is 1. The number of anilines is 1. The van der Waals surface area contributed by atoms with Crippen molar-refractivity contribution in [1.82, 2.24) is 0 Å². The van der Waals surface area contributed by atoms with E-state index < -0.39 is 24.0 Å². The summed E-state index contributed by atoms with van der Waals surface area (Å²) < 4.78 is 57.4. The molecule has 6 heteroatoms. The van der Waals surface area contributed by atoms with E-state index in [2.05, 4.69) is 0 Å². The Balaban J connectivity index is 2.24. The predicted molar refractivity (Wildman–Crippen MR) is 63.6 cm³/mol. The van der Waals surface area contributed by atoms with Crippen molar-refractivity contribution in [3.8, 4) is 5.75 Å². The number of rotatable bonds is 2. The van der Waals surface area contributed by atoms with Crippen molar-refractivity contribution in [2.75, 3.05) is 5.73 Å². The van der Waals surface area contributed by atoms with Gasteiger partial charge in [0.1, 0.15) is 18.0 Å². The van der Waals surface area contributed by atoms with Crippen LogP contribution in [-0.2, 0) is 6.18 Å². The highest BCUT2D eigenvalue weighted by Crippen LogP contribution is 2.39. The fourth-order valence-electron chi connectivity index (χ4n) is 2.22. The summed E-state index contributed by atoms with van der Waals surface area (Å²) in [4.78, 5) is 0. The number of hydrogen-bond acceptors (Lipinski definition) is 2. The average molecular weight is 277 g/mol. The van der Waals surface area contributed by atoms with Gasteiger partial charge in [0.2, 0.25) is 0 Å². The molecule has 0 amide bonds. The maximum absolute atomic E-state index is 13.6. The van der Waals surface area contributed by atoms with Crippen LogP contribution in [0.3, 0.4) is 0 Å². The molecule has 19 heavy (non-hydrogen) atoms. The molecule has 0 heterocycles. The van der Waals surface area contributed by atoms with Gasteiger partial charge in [0.25, 0.3) is 0 Å². The lowest BCUT2D eigenvalue weighted by molar-refractivity contribution is -0.139. The summed E-state index contributed by atoms with van der Waals surface area (Å²) >= 11 is 0. The molecule has 0 bridgehead atoms. The van der Waals surface area contributed by atoms with Crippen molar-refractivity contribution in [3.63, 3.8) is 0 Å². The minimum Gasteiger partial charge on any atom is -0.487 e. The Hall–Kier alpha value is -1.46. The van der Waals surface area contributed by atoms with Crippen LogP contribution in [0.4, 0.5) is 23.2 Å². The molecule has 1 saturated carbocycles. The molecule has 1 aromatic carbocycles. The van der Waals surface area contributed by atoms with Gasteiger partial charge in [-0.05, 0) is 37.5 Å². The summed E-state index contributed by atoms with van der Waals surface area (Å²) in [6.45, 7) is 0. The van der Waals surface area contributed by atoms with E-state index in [1.165, 1.54) is 6.07 Å². The highest BCUT2D eigenvalue weighted by molar-refractivity contribution is 5.49. The van der Waals surface area contributed by atoms with Crippen molar-refractivity contribution in [3.05, 3.63) is 23.8 Å². The van der Waals surface area contributed by atoms with Gasteiger partial charge in [0.15, 0.2) is 0 Å². The van der Waals surface area contributed by atoms with Crippen molar-refractivity contribution < 1.29 is 22.3 Å². The fourth-order valence-corrected chi connectivity index (χ4v) is 2.22. The Morgan fingerprint density at radius 2 is 1.84 bits per heavy atom. The SMILES string of the molecule is Nc1ccc(O[C@H]2CCCC[C@@H]2F)c(C(F)(F)F)c1. The monoisotopic (exact) mass is 277 g/mol. The highest BCUT2D eigenvalue weighted by Gasteiger charge is 2.36. The first kappa shape index (κ1) is 14.0. The van der Waals surface area contributed by atoms with E-state index in [-0.39, 0.29) is 11.4 Å². The summed E-state index contributed by atoms with van der Waals surface area (Å²) in [5.74, 6) is -0.351. The van der Waals surface area contributed by atoms with Gasteiger partial charge in [0, 0.05) is 5.69 Å². The minimum absolute atomic E-state index is 0.000109. The summed E-state index contributed by atoms with van der Waals surface area (Å²) in [6, 6.07) is 3.28. The van der Waals surface area contributed by atoms with E-state index >= 15 is 0 Å². The molecule has 0 unspecified atom stereocenters. The van der Waals surface area contributed by atoms with E-state index in [1.54, 1.807) is 0 Å². The molecule has 1 aliphatic carbocycles. The molecule has 0 radical (unpaired) electrons. The smallest absolute Gasteiger partial charge is 0.420 e. The van der Waals surface area contributed by atoms with E-state index in [0.29, 0.717) is 12.8 Å². The molecule has 1 fully saturated rings. The van der Waals surface area contributed by atoms with Crippen LogP contribution in [0.2, 0.25) is 0 Å². The standard InChI is InChI=1S/C13H15F4NO/c14-10-3-1-2-4-12(10)19-11-6-5-8(18)7-9(11)13(15,16)17/h5-7,10,12H,1-4,18H2/t10-,12-/m0/s1. The summed E-state index contributed by atoms with van der Waals surface area (Å²) in [6.07, 6.45) is -4.31. The van der Waals surface area contributed by atoms with Gasteiger partial charge >= 0.3 is 6.18 Å². The van der Waals surface area contributed by atoms with Gasteiger partial charge in [-0.3, -0.25) is 0 Å². The highest BCUT2D eigenvalue weighted by atomic mass is 19.4. The first-order chi connectivity index (χ1) is 8.88. The van der Waals surface area contributed by atoms with Crippen LogP contribution in [0.1, 0.15) is 31.2 Å². The van der Waals surface area contributed by atoms with Gasteiger partial charge in [-0.1, -0.05) is 6.42 Å². The predicted octanol–water partition coefficient (Wildman–Crippen LogP) is 3.95. The van der Waals surface area contributed by atoms with Crippen LogP contribution < -0.4 is 10.5 Å². The molecule has 2 N–H and O–H groups in total. The molecule has 1 aliphatic rings. The largest absolute Gasteiger partial charge is 0.487 e. The third-order valence-electron chi connectivity index (χ3n) is 3.21. The lowest BCUT2D eigenvalue weighted by atomic mass is 9.96. The van der Waals surface area contributed by atoms with Crippen molar-refractivity contribution in [2.45, 2.75) is 44.1 Å². The number of alkyl halides is 4. The van der Waals surface area contributed by atoms with Crippen molar-refractivity contribution >= 4 is 5.69 Å². The van der Waals surface area contributed by atoms with Gasteiger partial charge in [-0.15, -0.1) is 0 Å². The number of ether oxygens (including phenoxy) is 1. The fraction of sp³-hybridized carbons (Fsp3) is 0.538. The zero-order valence-electron chi connectivity index (χ0n) is 10.2. The average Bonchev–Trinajstić information content (AvgIpc) is 2.33. The van der Waals surface area contributed by atoms with Crippen molar-refractivity contribution in [1.29, 1.82) is 0 Å². The second kappa shape index (κ2) is 5.27.